The first-order valence-electron chi connectivity index (χ1n) is 7.72. The molecule has 2 amide bonds. The zero-order valence-electron chi connectivity index (χ0n) is 13.6. The van der Waals surface area contributed by atoms with Crippen molar-refractivity contribution in [2.45, 2.75) is 26.8 Å². The van der Waals surface area contributed by atoms with Crippen molar-refractivity contribution in [2.24, 2.45) is 0 Å². The van der Waals surface area contributed by atoms with Crippen LogP contribution in [0.3, 0.4) is 0 Å². The Balaban J connectivity index is 1.82. The smallest absolute Gasteiger partial charge is 0.290 e. The number of carbonyl (C=O) groups excluding carboxylic acids is 2. The minimum Gasteiger partial charge on any atom is -0.459 e. The topological polar surface area (TPSA) is 53.8 Å². The summed E-state index contributed by atoms with van der Waals surface area (Å²) in [5.74, 6) is -0.0381. The fourth-order valence-electron chi connectivity index (χ4n) is 3.04. The first-order valence-corrected chi connectivity index (χ1v) is 7.72. The SMILES string of the molecule is Cc1ccc(N2CCN(C(=O)c3ccco3)C(C)C2=O)c(C)c1. The lowest BCUT2D eigenvalue weighted by Gasteiger charge is -2.39. The van der Waals surface area contributed by atoms with Crippen molar-refractivity contribution < 1.29 is 14.0 Å². The molecule has 0 spiro atoms. The van der Waals surface area contributed by atoms with E-state index in [1.165, 1.54) is 11.8 Å². The molecule has 0 aliphatic carbocycles. The molecule has 0 radical (unpaired) electrons. The largest absolute Gasteiger partial charge is 0.459 e. The molecule has 120 valence electrons. The second-order valence-electron chi connectivity index (χ2n) is 5.93. The second kappa shape index (κ2) is 5.91. The maximum Gasteiger partial charge on any atom is 0.290 e. The number of hydrogen-bond acceptors (Lipinski definition) is 3. The summed E-state index contributed by atoms with van der Waals surface area (Å²) in [6, 6.07) is 8.82. The fraction of sp³-hybridized carbons (Fsp3) is 0.333. The molecule has 1 unspecified atom stereocenters. The van der Waals surface area contributed by atoms with Gasteiger partial charge in [0.2, 0.25) is 5.91 Å². The highest BCUT2D eigenvalue weighted by molar-refractivity contribution is 6.03. The van der Waals surface area contributed by atoms with Crippen molar-refractivity contribution >= 4 is 17.5 Å². The highest BCUT2D eigenvalue weighted by Gasteiger charge is 2.36. The molecule has 0 saturated carbocycles. The number of piperazine rings is 1. The van der Waals surface area contributed by atoms with Crippen molar-refractivity contribution in [3.05, 3.63) is 53.5 Å². The van der Waals surface area contributed by atoms with Gasteiger partial charge in [0.15, 0.2) is 5.76 Å². The molecule has 1 saturated heterocycles. The van der Waals surface area contributed by atoms with Crippen LogP contribution in [-0.4, -0.2) is 35.8 Å². The van der Waals surface area contributed by atoms with Crippen LogP contribution >= 0.6 is 0 Å². The Morgan fingerprint density at radius 3 is 2.65 bits per heavy atom. The zero-order valence-corrected chi connectivity index (χ0v) is 13.6. The highest BCUT2D eigenvalue weighted by Crippen LogP contribution is 2.25. The van der Waals surface area contributed by atoms with Crippen molar-refractivity contribution in [1.29, 1.82) is 0 Å². The van der Waals surface area contributed by atoms with Gasteiger partial charge in [0.1, 0.15) is 6.04 Å². The van der Waals surface area contributed by atoms with Crippen molar-refractivity contribution in [1.82, 2.24) is 4.90 Å². The van der Waals surface area contributed by atoms with E-state index in [1.807, 2.05) is 26.0 Å². The Morgan fingerprint density at radius 2 is 2.00 bits per heavy atom. The number of carbonyl (C=O) groups is 2. The van der Waals surface area contributed by atoms with Crippen LogP contribution in [0.4, 0.5) is 5.69 Å². The lowest BCUT2D eigenvalue weighted by molar-refractivity contribution is -0.124. The number of furan rings is 1. The molecule has 2 heterocycles. The van der Waals surface area contributed by atoms with Crippen molar-refractivity contribution in [3.8, 4) is 0 Å². The third kappa shape index (κ3) is 2.74. The van der Waals surface area contributed by atoms with E-state index in [9.17, 15) is 9.59 Å². The molecular weight excluding hydrogens is 292 g/mol. The maximum absolute atomic E-state index is 12.7. The van der Waals surface area contributed by atoms with E-state index >= 15 is 0 Å². The average molecular weight is 312 g/mol. The van der Waals surface area contributed by atoms with Gasteiger partial charge >= 0.3 is 0 Å². The molecule has 1 aromatic carbocycles. The van der Waals surface area contributed by atoms with Gasteiger partial charge in [-0.1, -0.05) is 17.7 Å². The molecule has 1 aliphatic rings. The van der Waals surface area contributed by atoms with Gasteiger partial charge in [0.05, 0.1) is 6.26 Å². The van der Waals surface area contributed by atoms with Gasteiger partial charge in [-0.15, -0.1) is 0 Å². The summed E-state index contributed by atoms with van der Waals surface area (Å²) in [6.45, 7) is 6.76. The third-order valence-electron chi connectivity index (χ3n) is 4.29. The molecule has 23 heavy (non-hydrogen) atoms. The van der Waals surface area contributed by atoms with E-state index in [2.05, 4.69) is 6.07 Å². The molecule has 1 aromatic heterocycles. The Hall–Kier alpha value is -2.56. The molecule has 0 N–H and O–H groups in total. The summed E-state index contributed by atoms with van der Waals surface area (Å²) < 4.78 is 5.16. The monoisotopic (exact) mass is 312 g/mol. The molecule has 3 rings (SSSR count). The van der Waals surface area contributed by atoms with Crippen LogP contribution < -0.4 is 4.90 Å². The molecule has 1 atom stereocenters. The van der Waals surface area contributed by atoms with E-state index in [4.69, 9.17) is 4.42 Å². The predicted molar refractivity (Wildman–Crippen MR) is 87.5 cm³/mol. The minimum atomic E-state index is -0.512. The summed E-state index contributed by atoms with van der Waals surface area (Å²) >= 11 is 0. The number of benzene rings is 1. The van der Waals surface area contributed by atoms with Gasteiger partial charge in [-0.05, 0) is 44.5 Å². The molecule has 1 fully saturated rings. The molecule has 0 bridgehead atoms. The van der Waals surface area contributed by atoms with Gasteiger partial charge in [0, 0.05) is 18.8 Å². The van der Waals surface area contributed by atoms with Crippen LogP contribution in [-0.2, 0) is 4.79 Å². The standard InChI is InChI=1S/C18H20N2O3/c1-12-6-7-15(13(2)11-12)20-9-8-19(14(3)17(20)21)18(22)16-5-4-10-23-16/h4-7,10-11,14H,8-9H2,1-3H3. The second-order valence-corrected chi connectivity index (χ2v) is 5.93. The third-order valence-corrected chi connectivity index (χ3v) is 4.29. The lowest BCUT2D eigenvalue weighted by atomic mass is 10.1. The average Bonchev–Trinajstić information content (AvgIpc) is 3.04. The maximum atomic E-state index is 12.7. The van der Waals surface area contributed by atoms with Gasteiger partial charge in [-0.25, -0.2) is 0 Å². The van der Waals surface area contributed by atoms with Gasteiger partial charge in [-0.3, -0.25) is 9.59 Å². The number of nitrogens with zero attached hydrogens (tertiary/aromatic N) is 2. The first kappa shape index (κ1) is 15.3. The zero-order chi connectivity index (χ0) is 16.6. The summed E-state index contributed by atoms with van der Waals surface area (Å²) in [4.78, 5) is 28.5. The number of rotatable bonds is 2. The molecular formula is C18H20N2O3. The molecule has 5 nitrogen and oxygen atoms in total. The number of amides is 2. The van der Waals surface area contributed by atoms with Crippen molar-refractivity contribution in [3.63, 3.8) is 0 Å². The Morgan fingerprint density at radius 1 is 1.22 bits per heavy atom. The van der Waals surface area contributed by atoms with Gasteiger partial charge in [0.25, 0.3) is 5.91 Å². The van der Waals surface area contributed by atoms with Crippen LogP contribution in [0.15, 0.2) is 41.0 Å². The molecule has 2 aromatic rings. The fourth-order valence-corrected chi connectivity index (χ4v) is 3.04. The van der Waals surface area contributed by atoms with Gasteiger partial charge < -0.3 is 14.2 Å². The van der Waals surface area contributed by atoms with E-state index < -0.39 is 6.04 Å². The summed E-state index contributed by atoms with van der Waals surface area (Å²) in [7, 11) is 0. The summed E-state index contributed by atoms with van der Waals surface area (Å²) in [5.41, 5.74) is 3.15. The van der Waals surface area contributed by atoms with E-state index in [0.717, 1.165) is 11.3 Å². The molecule has 1 aliphatic heterocycles. The number of hydrogen-bond donors (Lipinski definition) is 0. The first-order chi connectivity index (χ1) is 11.0. The van der Waals surface area contributed by atoms with E-state index in [-0.39, 0.29) is 17.6 Å². The van der Waals surface area contributed by atoms with Crippen LogP contribution in [0.1, 0.15) is 28.6 Å². The number of aryl methyl sites for hydroxylation is 2. The van der Waals surface area contributed by atoms with Crippen LogP contribution in [0.5, 0.6) is 0 Å². The predicted octanol–water partition coefficient (Wildman–Crippen LogP) is 2.77. The lowest BCUT2D eigenvalue weighted by Crippen LogP contribution is -2.57. The number of anilines is 1. The Labute approximate surface area is 135 Å². The van der Waals surface area contributed by atoms with Gasteiger partial charge in [-0.2, -0.15) is 0 Å². The van der Waals surface area contributed by atoms with Crippen LogP contribution in [0.25, 0.3) is 0 Å². The Bertz CT molecular complexity index is 737. The van der Waals surface area contributed by atoms with Crippen LogP contribution in [0.2, 0.25) is 0 Å². The normalized spacial score (nSPS) is 18.4. The van der Waals surface area contributed by atoms with E-state index in [1.54, 1.807) is 28.9 Å². The van der Waals surface area contributed by atoms with E-state index in [0.29, 0.717) is 13.1 Å². The van der Waals surface area contributed by atoms with Crippen molar-refractivity contribution in [2.75, 3.05) is 18.0 Å². The highest BCUT2D eigenvalue weighted by atomic mass is 16.3. The van der Waals surface area contributed by atoms with Crippen LogP contribution in [0, 0.1) is 13.8 Å². The minimum absolute atomic E-state index is 0.0666. The quantitative estimate of drug-likeness (QED) is 0.857. The Kier molecular flexibility index (Phi) is 3.94. The summed E-state index contributed by atoms with van der Waals surface area (Å²) in [5, 5.41) is 0. The molecule has 5 heteroatoms. The summed E-state index contributed by atoms with van der Waals surface area (Å²) in [6.07, 6.45) is 1.46.